The highest BCUT2D eigenvalue weighted by Crippen LogP contribution is 2.25. The second kappa shape index (κ2) is 7.08. The van der Waals surface area contributed by atoms with Crippen LogP contribution < -0.4 is 4.72 Å². The Morgan fingerprint density at radius 1 is 1.33 bits per heavy atom. The predicted molar refractivity (Wildman–Crippen MR) is 70.6 cm³/mol. The second-order valence-corrected chi connectivity index (χ2v) is 7.37. The molecule has 0 saturated heterocycles. The lowest BCUT2D eigenvalue weighted by atomic mass is 10.2. The Labute approximate surface area is 115 Å². The first-order valence-corrected chi connectivity index (χ1v) is 8.06. The molecule has 1 rings (SSSR count). The maximum absolute atomic E-state index is 11.7. The van der Waals surface area contributed by atoms with Crippen molar-refractivity contribution in [1.82, 2.24) is 4.72 Å². The van der Waals surface area contributed by atoms with Gasteiger partial charge in [-0.25, -0.2) is 13.1 Å². The summed E-state index contributed by atoms with van der Waals surface area (Å²) < 4.78 is 26.5. The maximum atomic E-state index is 11.7. The Morgan fingerprint density at radius 2 is 2.06 bits per heavy atom. The highest BCUT2D eigenvalue weighted by Gasteiger charge is 2.15. The fourth-order valence-corrected chi connectivity index (χ4v) is 3.90. The number of thiophene rings is 1. The zero-order chi connectivity index (χ0) is 13.6. The highest BCUT2D eigenvalue weighted by molar-refractivity contribution is 7.91. The van der Waals surface area contributed by atoms with Crippen LogP contribution in [0.1, 0.15) is 25.7 Å². The zero-order valence-electron chi connectivity index (χ0n) is 9.56. The van der Waals surface area contributed by atoms with E-state index in [-0.39, 0.29) is 10.6 Å². The van der Waals surface area contributed by atoms with Gasteiger partial charge in [0.2, 0.25) is 10.0 Å². The topological polar surface area (TPSA) is 83.5 Å². The quantitative estimate of drug-likeness (QED) is 0.722. The van der Waals surface area contributed by atoms with Gasteiger partial charge in [-0.15, -0.1) is 11.3 Å². The number of nitrogens with one attached hydrogen (secondary N) is 1. The molecule has 2 N–H and O–H groups in total. The molecule has 0 aromatic carbocycles. The molecule has 0 amide bonds. The Balaban J connectivity index is 2.28. The summed E-state index contributed by atoms with van der Waals surface area (Å²) >= 11 is 6.67. The lowest BCUT2D eigenvalue weighted by Crippen LogP contribution is -2.23. The number of hydrogen-bond acceptors (Lipinski definition) is 4. The van der Waals surface area contributed by atoms with E-state index >= 15 is 0 Å². The van der Waals surface area contributed by atoms with Crippen LogP contribution in [0.4, 0.5) is 0 Å². The van der Waals surface area contributed by atoms with Gasteiger partial charge < -0.3 is 5.11 Å². The van der Waals surface area contributed by atoms with E-state index in [9.17, 15) is 13.2 Å². The third-order valence-electron chi connectivity index (χ3n) is 2.17. The third kappa shape index (κ3) is 5.34. The van der Waals surface area contributed by atoms with Crippen LogP contribution in [0.15, 0.2) is 16.3 Å². The largest absolute Gasteiger partial charge is 0.481 e. The average Bonchev–Trinajstić information content (AvgIpc) is 2.70. The van der Waals surface area contributed by atoms with Crippen molar-refractivity contribution in [2.24, 2.45) is 0 Å². The van der Waals surface area contributed by atoms with Crippen LogP contribution in [0.2, 0.25) is 4.34 Å². The lowest BCUT2D eigenvalue weighted by Gasteiger charge is -2.03. The van der Waals surface area contributed by atoms with Gasteiger partial charge in [0.05, 0.1) is 4.34 Å². The van der Waals surface area contributed by atoms with Crippen LogP contribution in [0, 0.1) is 0 Å². The van der Waals surface area contributed by atoms with E-state index in [0.29, 0.717) is 30.1 Å². The van der Waals surface area contributed by atoms with Crippen LogP contribution in [0.25, 0.3) is 0 Å². The molecule has 0 aliphatic rings. The second-order valence-electron chi connectivity index (χ2n) is 3.66. The van der Waals surface area contributed by atoms with Crippen LogP contribution in [-0.2, 0) is 14.8 Å². The SMILES string of the molecule is O=C(O)CCCCCNS(=O)(=O)c1ccc(Cl)s1. The molecule has 0 bridgehead atoms. The van der Waals surface area contributed by atoms with Crippen molar-refractivity contribution in [2.75, 3.05) is 6.54 Å². The van der Waals surface area contributed by atoms with Gasteiger partial charge in [0.25, 0.3) is 0 Å². The van der Waals surface area contributed by atoms with E-state index in [0.717, 1.165) is 11.3 Å². The Hall–Kier alpha value is -0.630. The first-order chi connectivity index (χ1) is 8.42. The van der Waals surface area contributed by atoms with E-state index in [1.807, 2.05) is 0 Å². The predicted octanol–water partition coefficient (Wildman–Crippen LogP) is 2.32. The molecule has 0 aliphatic carbocycles. The van der Waals surface area contributed by atoms with Crippen molar-refractivity contribution >= 4 is 38.9 Å². The molecule has 1 aromatic heterocycles. The van der Waals surface area contributed by atoms with E-state index in [1.54, 1.807) is 0 Å². The molecule has 0 saturated carbocycles. The summed E-state index contributed by atoms with van der Waals surface area (Å²) in [5.41, 5.74) is 0. The van der Waals surface area contributed by atoms with Crippen LogP contribution >= 0.6 is 22.9 Å². The molecule has 102 valence electrons. The summed E-state index contributed by atoms with van der Waals surface area (Å²) in [5, 5.41) is 8.43. The first kappa shape index (κ1) is 15.4. The van der Waals surface area contributed by atoms with Crippen molar-refractivity contribution in [1.29, 1.82) is 0 Å². The molecule has 0 spiro atoms. The summed E-state index contributed by atoms with van der Waals surface area (Å²) in [7, 11) is -3.48. The molecule has 18 heavy (non-hydrogen) atoms. The minimum Gasteiger partial charge on any atom is -0.481 e. The fourth-order valence-electron chi connectivity index (χ4n) is 1.30. The first-order valence-electron chi connectivity index (χ1n) is 5.38. The minimum atomic E-state index is -3.48. The van der Waals surface area contributed by atoms with Gasteiger partial charge in [-0.2, -0.15) is 0 Å². The van der Waals surface area contributed by atoms with E-state index in [1.165, 1.54) is 12.1 Å². The molecule has 0 aliphatic heterocycles. The van der Waals surface area contributed by atoms with Gasteiger partial charge in [0, 0.05) is 13.0 Å². The van der Waals surface area contributed by atoms with Crippen molar-refractivity contribution in [2.45, 2.75) is 29.9 Å². The number of carboxylic acids is 1. The van der Waals surface area contributed by atoms with Gasteiger partial charge in [-0.05, 0) is 25.0 Å². The van der Waals surface area contributed by atoms with Gasteiger partial charge in [0.1, 0.15) is 4.21 Å². The van der Waals surface area contributed by atoms with Crippen LogP contribution in [0.5, 0.6) is 0 Å². The molecular formula is C10H14ClNO4S2. The smallest absolute Gasteiger partial charge is 0.303 e. The summed E-state index contributed by atoms with van der Waals surface area (Å²) in [4.78, 5) is 10.3. The average molecular weight is 312 g/mol. The number of carboxylic acid groups (broad SMARTS) is 1. The number of rotatable bonds is 8. The summed E-state index contributed by atoms with van der Waals surface area (Å²) in [6, 6.07) is 2.99. The maximum Gasteiger partial charge on any atom is 0.303 e. The summed E-state index contributed by atoms with van der Waals surface area (Å²) in [5.74, 6) is -0.830. The monoisotopic (exact) mass is 311 g/mol. The molecular weight excluding hydrogens is 298 g/mol. The molecule has 0 atom stereocenters. The minimum absolute atomic E-state index is 0.118. The van der Waals surface area contributed by atoms with E-state index < -0.39 is 16.0 Å². The molecule has 0 unspecified atom stereocenters. The molecule has 0 fully saturated rings. The van der Waals surface area contributed by atoms with Crippen molar-refractivity contribution < 1.29 is 18.3 Å². The lowest BCUT2D eigenvalue weighted by molar-refractivity contribution is -0.137. The summed E-state index contributed by atoms with van der Waals surface area (Å²) in [6.45, 7) is 0.303. The Bertz CT molecular complexity index is 498. The highest BCUT2D eigenvalue weighted by atomic mass is 35.5. The van der Waals surface area contributed by atoms with Crippen LogP contribution in [0.3, 0.4) is 0 Å². The Kier molecular flexibility index (Phi) is 6.07. The van der Waals surface area contributed by atoms with Gasteiger partial charge in [0.15, 0.2) is 0 Å². The zero-order valence-corrected chi connectivity index (χ0v) is 11.9. The van der Waals surface area contributed by atoms with Gasteiger partial charge in [-0.1, -0.05) is 18.0 Å². The van der Waals surface area contributed by atoms with Gasteiger partial charge in [-0.3, -0.25) is 4.79 Å². The van der Waals surface area contributed by atoms with E-state index in [2.05, 4.69) is 4.72 Å². The third-order valence-corrected chi connectivity index (χ3v) is 5.36. The molecule has 5 nitrogen and oxygen atoms in total. The number of unbranched alkanes of at least 4 members (excludes halogenated alkanes) is 2. The normalized spacial score (nSPS) is 11.6. The molecule has 1 aromatic rings. The van der Waals surface area contributed by atoms with Crippen molar-refractivity contribution in [3.63, 3.8) is 0 Å². The molecule has 1 heterocycles. The number of halogens is 1. The number of aliphatic carboxylic acids is 1. The standard InChI is InChI=1S/C10H14ClNO4S2/c11-8-5-6-10(17-8)18(15,16)12-7-3-1-2-4-9(13)14/h5-6,12H,1-4,7H2,(H,13,14). The fraction of sp³-hybridized carbons (Fsp3) is 0.500. The number of carbonyl (C=O) groups is 1. The Morgan fingerprint density at radius 3 is 2.61 bits per heavy atom. The molecule has 0 radical (unpaired) electrons. The molecule has 8 heteroatoms. The number of hydrogen-bond donors (Lipinski definition) is 2. The number of sulfonamides is 1. The van der Waals surface area contributed by atoms with Crippen LogP contribution in [-0.4, -0.2) is 26.0 Å². The van der Waals surface area contributed by atoms with Crippen molar-refractivity contribution in [3.8, 4) is 0 Å². The van der Waals surface area contributed by atoms with E-state index in [4.69, 9.17) is 16.7 Å². The summed E-state index contributed by atoms with van der Waals surface area (Å²) in [6.07, 6.45) is 1.97. The van der Waals surface area contributed by atoms with Crippen molar-refractivity contribution in [3.05, 3.63) is 16.5 Å². The van der Waals surface area contributed by atoms with Gasteiger partial charge >= 0.3 is 5.97 Å².